The highest BCUT2D eigenvalue weighted by molar-refractivity contribution is 5.28. The summed E-state index contributed by atoms with van der Waals surface area (Å²) >= 11 is 0. The van der Waals surface area contributed by atoms with Gasteiger partial charge in [0.2, 0.25) is 0 Å². The molecule has 0 spiro atoms. The fourth-order valence-corrected chi connectivity index (χ4v) is 3.44. The molecule has 106 valence electrons. The Labute approximate surface area is 117 Å². The van der Waals surface area contributed by atoms with E-state index in [4.69, 9.17) is 4.74 Å². The fourth-order valence-electron chi connectivity index (χ4n) is 3.44. The standard InChI is InChI=1S/C17H27NO/c1-14(2)13-16(18-3)17(9-11-19-12-10-17)15-7-5-4-6-8-15/h4-8,14,16,18H,9-13H2,1-3H3. The maximum atomic E-state index is 5.62. The monoisotopic (exact) mass is 261 g/mol. The molecular weight excluding hydrogens is 234 g/mol. The van der Waals surface area contributed by atoms with E-state index < -0.39 is 0 Å². The maximum absolute atomic E-state index is 5.62. The molecule has 2 rings (SSSR count). The first kappa shape index (κ1) is 14.5. The Kier molecular flexibility index (Phi) is 5.00. The van der Waals surface area contributed by atoms with Crippen LogP contribution in [0.3, 0.4) is 0 Å². The third kappa shape index (κ3) is 3.18. The minimum Gasteiger partial charge on any atom is -0.381 e. The van der Waals surface area contributed by atoms with Gasteiger partial charge in [-0.1, -0.05) is 44.2 Å². The van der Waals surface area contributed by atoms with E-state index >= 15 is 0 Å². The van der Waals surface area contributed by atoms with Crippen LogP contribution >= 0.6 is 0 Å². The second kappa shape index (κ2) is 6.53. The van der Waals surface area contributed by atoms with E-state index in [0.717, 1.165) is 26.1 Å². The van der Waals surface area contributed by atoms with Crippen molar-refractivity contribution >= 4 is 0 Å². The van der Waals surface area contributed by atoms with Crippen LogP contribution in [0.4, 0.5) is 0 Å². The normalized spacial score (nSPS) is 20.4. The van der Waals surface area contributed by atoms with Gasteiger partial charge >= 0.3 is 0 Å². The Hall–Kier alpha value is -0.860. The predicted molar refractivity (Wildman–Crippen MR) is 80.5 cm³/mol. The summed E-state index contributed by atoms with van der Waals surface area (Å²) in [6.07, 6.45) is 3.45. The van der Waals surface area contributed by atoms with Crippen LogP contribution in [0.2, 0.25) is 0 Å². The minimum absolute atomic E-state index is 0.235. The smallest absolute Gasteiger partial charge is 0.0475 e. The lowest BCUT2D eigenvalue weighted by molar-refractivity contribution is 0.0322. The molecule has 1 atom stereocenters. The molecule has 1 fully saturated rings. The van der Waals surface area contributed by atoms with Gasteiger partial charge in [-0.2, -0.15) is 0 Å². The molecule has 0 radical (unpaired) electrons. The molecule has 2 nitrogen and oxygen atoms in total. The van der Waals surface area contributed by atoms with Crippen molar-refractivity contribution in [3.63, 3.8) is 0 Å². The molecule has 1 aliphatic heterocycles. The molecule has 0 bridgehead atoms. The molecule has 1 unspecified atom stereocenters. The Morgan fingerprint density at radius 3 is 2.32 bits per heavy atom. The molecule has 1 aromatic carbocycles. The van der Waals surface area contributed by atoms with Crippen LogP contribution < -0.4 is 5.32 Å². The topological polar surface area (TPSA) is 21.3 Å². The number of benzene rings is 1. The van der Waals surface area contributed by atoms with E-state index in [9.17, 15) is 0 Å². The number of nitrogens with one attached hydrogen (secondary N) is 1. The lowest BCUT2D eigenvalue weighted by Gasteiger charge is -2.44. The second-order valence-corrected chi connectivity index (χ2v) is 6.11. The van der Waals surface area contributed by atoms with Gasteiger partial charge in [0.15, 0.2) is 0 Å². The second-order valence-electron chi connectivity index (χ2n) is 6.11. The summed E-state index contributed by atoms with van der Waals surface area (Å²) in [6, 6.07) is 11.5. The molecule has 1 aliphatic rings. The van der Waals surface area contributed by atoms with Crippen molar-refractivity contribution in [3.8, 4) is 0 Å². The van der Waals surface area contributed by atoms with Gasteiger partial charge in [0, 0.05) is 24.7 Å². The molecule has 0 aromatic heterocycles. The predicted octanol–water partition coefficient (Wildman–Crippen LogP) is 3.37. The number of hydrogen-bond donors (Lipinski definition) is 1. The maximum Gasteiger partial charge on any atom is 0.0475 e. The molecule has 0 aliphatic carbocycles. The van der Waals surface area contributed by atoms with Gasteiger partial charge in [-0.3, -0.25) is 0 Å². The van der Waals surface area contributed by atoms with Gasteiger partial charge in [0.1, 0.15) is 0 Å². The van der Waals surface area contributed by atoms with E-state index in [1.54, 1.807) is 0 Å². The zero-order valence-electron chi connectivity index (χ0n) is 12.5. The number of rotatable bonds is 5. The van der Waals surface area contributed by atoms with Crippen molar-refractivity contribution in [2.45, 2.75) is 44.6 Å². The van der Waals surface area contributed by atoms with Gasteiger partial charge in [-0.05, 0) is 37.8 Å². The molecule has 19 heavy (non-hydrogen) atoms. The highest BCUT2D eigenvalue weighted by atomic mass is 16.5. The summed E-state index contributed by atoms with van der Waals surface area (Å²) in [7, 11) is 2.10. The van der Waals surface area contributed by atoms with E-state index in [2.05, 4.69) is 56.5 Å². The van der Waals surface area contributed by atoms with Crippen molar-refractivity contribution in [1.82, 2.24) is 5.32 Å². The fraction of sp³-hybridized carbons (Fsp3) is 0.647. The summed E-state index contributed by atoms with van der Waals surface area (Å²) < 4.78 is 5.62. The molecule has 1 heterocycles. The first-order chi connectivity index (χ1) is 9.19. The van der Waals surface area contributed by atoms with Crippen LogP contribution in [0.5, 0.6) is 0 Å². The van der Waals surface area contributed by atoms with E-state index in [0.29, 0.717) is 12.0 Å². The van der Waals surface area contributed by atoms with Crippen LogP contribution in [0.25, 0.3) is 0 Å². The average molecular weight is 261 g/mol. The molecule has 1 saturated heterocycles. The van der Waals surface area contributed by atoms with E-state index in [-0.39, 0.29) is 5.41 Å². The molecule has 1 N–H and O–H groups in total. The summed E-state index contributed by atoms with van der Waals surface area (Å²) in [5, 5.41) is 3.59. The van der Waals surface area contributed by atoms with Crippen LogP contribution in [0.15, 0.2) is 30.3 Å². The first-order valence-corrected chi connectivity index (χ1v) is 7.49. The summed E-state index contributed by atoms with van der Waals surface area (Å²) in [6.45, 7) is 6.38. The van der Waals surface area contributed by atoms with Gasteiger partial charge in [-0.15, -0.1) is 0 Å². The summed E-state index contributed by atoms with van der Waals surface area (Å²) in [5.41, 5.74) is 1.71. The SMILES string of the molecule is CNC(CC(C)C)C1(c2ccccc2)CCOCC1. The highest BCUT2D eigenvalue weighted by Gasteiger charge is 2.41. The quantitative estimate of drug-likeness (QED) is 0.877. The summed E-state index contributed by atoms with van der Waals surface area (Å²) in [5.74, 6) is 0.709. The molecule has 1 aromatic rings. The zero-order valence-corrected chi connectivity index (χ0v) is 12.5. The lowest BCUT2D eigenvalue weighted by Crippen LogP contribution is -2.51. The van der Waals surface area contributed by atoms with E-state index in [1.165, 1.54) is 12.0 Å². The van der Waals surface area contributed by atoms with Crippen molar-refractivity contribution in [2.75, 3.05) is 20.3 Å². The molecule has 2 heteroatoms. The van der Waals surface area contributed by atoms with Crippen molar-refractivity contribution in [3.05, 3.63) is 35.9 Å². The van der Waals surface area contributed by atoms with Gasteiger partial charge in [0.25, 0.3) is 0 Å². The van der Waals surface area contributed by atoms with Crippen LogP contribution in [0.1, 0.15) is 38.7 Å². The Balaban J connectivity index is 2.33. The average Bonchev–Trinajstić information content (AvgIpc) is 2.46. The number of hydrogen-bond acceptors (Lipinski definition) is 2. The minimum atomic E-state index is 0.235. The molecular formula is C17H27NO. The zero-order chi connectivity index (χ0) is 13.7. The first-order valence-electron chi connectivity index (χ1n) is 7.49. The molecule has 0 amide bonds. The largest absolute Gasteiger partial charge is 0.381 e. The number of likely N-dealkylation sites (N-methyl/N-ethyl adjacent to an activating group) is 1. The van der Waals surface area contributed by atoms with Crippen LogP contribution in [0, 0.1) is 5.92 Å². The van der Waals surface area contributed by atoms with Crippen molar-refractivity contribution in [2.24, 2.45) is 5.92 Å². The third-order valence-electron chi connectivity index (χ3n) is 4.46. The Morgan fingerprint density at radius 2 is 1.79 bits per heavy atom. The number of ether oxygens (including phenoxy) is 1. The van der Waals surface area contributed by atoms with E-state index in [1.807, 2.05) is 0 Å². The van der Waals surface area contributed by atoms with Crippen molar-refractivity contribution in [1.29, 1.82) is 0 Å². The van der Waals surface area contributed by atoms with Gasteiger partial charge in [0.05, 0.1) is 0 Å². The third-order valence-corrected chi connectivity index (χ3v) is 4.46. The Morgan fingerprint density at radius 1 is 1.16 bits per heavy atom. The Bertz CT molecular complexity index is 368. The lowest BCUT2D eigenvalue weighted by atomic mass is 9.67. The summed E-state index contributed by atoms with van der Waals surface area (Å²) in [4.78, 5) is 0. The van der Waals surface area contributed by atoms with Crippen LogP contribution in [-0.2, 0) is 10.2 Å². The highest BCUT2D eigenvalue weighted by Crippen LogP contribution is 2.40. The van der Waals surface area contributed by atoms with Crippen LogP contribution in [-0.4, -0.2) is 26.3 Å². The molecule has 0 saturated carbocycles. The van der Waals surface area contributed by atoms with Gasteiger partial charge < -0.3 is 10.1 Å². The van der Waals surface area contributed by atoms with Gasteiger partial charge in [-0.25, -0.2) is 0 Å². The van der Waals surface area contributed by atoms with Crippen molar-refractivity contribution < 1.29 is 4.74 Å².